The van der Waals surface area contributed by atoms with E-state index in [4.69, 9.17) is 27.9 Å². The van der Waals surface area contributed by atoms with Crippen molar-refractivity contribution in [3.8, 4) is 0 Å². The number of hydrogen-bond donors (Lipinski definition) is 1. The Hall–Kier alpha value is -2.09. The summed E-state index contributed by atoms with van der Waals surface area (Å²) in [4.78, 5) is 23.7. The zero-order valence-corrected chi connectivity index (χ0v) is 16.7. The number of hydrogen-bond acceptors (Lipinski definition) is 5. The van der Waals surface area contributed by atoms with Crippen molar-refractivity contribution in [2.45, 2.75) is 18.2 Å². The number of ether oxygens (including phenoxy) is 1. The van der Waals surface area contributed by atoms with Gasteiger partial charge in [0, 0.05) is 15.7 Å². The third-order valence-electron chi connectivity index (χ3n) is 3.47. The molecule has 2 aromatic rings. The summed E-state index contributed by atoms with van der Waals surface area (Å²) >= 11 is 11.7. The van der Waals surface area contributed by atoms with Crippen LogP contribution in [0, 0.1) is 6.92 Å². The van der Waals surface area contributed by atoms with Crippen molar-refractivity contribution in [1.82, 2.24) is 0 Å². The van der Waals surface area contributed by atoms with E-state index >= 15 is 0 Å². The van der Waals surface area contributed by atoms with Gasteiger partial charge in [-0.25, -0.2) is 8.42 Å². The van der Waals surface area contributed by atoms with Crippen molar-refractivity contribution < 1.29 is 22.7 Å². The second-order valence-corrected chi connectivity index (χ2v) is 8.73. The average Bonchev–Trinajstić information content (AvgIpc) is 2.57. The van der Waals surface area contributed by atoms with Crippen molar-refractivity contribution in [2.75, 3.05) is 17.7 Å². The molecule has 0 fully saturated rings. The maximum absolute atomic E-state index is 12.2. The van der Waals surface area contributed by atoms with Gasteiger partial charge in [-0.05, 0) is 37.3 Å². The van der Waals surface area contributed by atoms with Gasteiger partial charge in [0.1, 0.15) is 0 Å². The number of rotatable bonds is 7. The molecule has 0 saturated carbocycles. The third-order valence-corrected chi connectivity index (χ3v) is 5.63. The molecule has 27 heavy (non-hydrogen) atoms. The first-order chi connectivity index (χ1) is 12.7. The quantitative estimate of drug-likeness (QED) is 0.678. The number of anilines is 1. The molecule has 0 unspecified atom stereocenters. The Morgan fingerprint density at radius 1 is 1.04 bits per heavy atom. The van der Waals surface area contributed by atoms with Crippen LogP contribution in [0.2, 0.25) is 10.0 Å². The van der Waals surface area contributed by atoms with Crippen LogP contribution < -0.4 is 5.32 Å². The highest BCUT2D eigenvalue weighted by molar-refractivity contribution is 7.91. The predicted octanol–water partition coefficient (Wildman–Crippen LogP) is 3.65. The molecule has 0 bridgehead atoms. The Labute approximate surface area is 167 Å². The Morgan fingerprint density at radius 3 is 2.22 bits per heavy atom. The Kier molecular flexibility index (Phi) is 7.24. The first-order valence-corrected chi connectivity index (χ1v) is 10.3. The van der Waals surface area contributed by atoms with Crippen molar-refractivity contribution in [3.63, 3.8) is 0 Å². The normalized spacial score (nSPS) is 11.1. The number of sulfone groups is 1. The standard InChI is InChI=1S/C18H17Cl2NO5S/c1-12-2-4-16(5-3-12)27(24,25)7-6-18(23)26-11-17(22)21-15-9-13(19)8-14(20)10-15/h2-5,8-10H,6-7,11H2,1H3,(H,21,22). The number of aryl methyl sites for hydroxylation is 1. The summed E-state index contributed by atoms with van der Waals surface area (Å²) < 4.78 is 29.2. The van der Waals surface area contributed by atoms with Crippen molar-refractivity contribution in [3.05, 3.63) is 58.1 Å². The van der Waals surface area contributed by atoms with Gasteiger partial charge in [0.15, 0.2) is 16.4 Å². The van der Waals surface area contributed by atoms with Crippen LogP contribution in [0.5, 0.6) is 0 Å². The summed E-state index contributed by atoms with van der Waals surface area (Å²) in [6.07, 6.45) is -0.355. The number of carbonyl (C=O) groups is 2. The minimum atomic E-state index is -3.60. The molecule has 0 saturated heterocycles. The number of esters is 1. The molecular weight excluding hydrogens is 413 g/mol. The number of nitrogens with one attached hydrogen (secondary N) is 1. The fourth-order valence-corrected chi connectivity index (χ4v) is 3.87. The van der Waals surface area contributed by atoms with Gasteiger partial charge in [0.2, 0.25) is 0 Å². The van der Waals surface area contributed by atoms with Gasteiger partial charge >= 0.3 is 5.97 Å². The predicted molar refractivity (Wildman–Crippen MR) is 104 cm³/mol. The minimum Gasteiger partial charge on any atom is -0.456 e. The number of carbonyl (C=O) groups excluding carboxylic acids is 2. The Balaban J connectivity index is 1.81. The molecule has 0 atom stereocenters. The van der Waals surface area contributed by atoms with Gasteiger partial charge < -0.3 is 10.1 Å². The van der Waals surface area contributed by atoms with E-state index in [0.717, 1.165) is 5.56 Å². The molecule has 0 radical (unpaired) electrons. The smallest absolute Gasteiger partial charge is 0.307 e. The fraction of sp³-hybridized carbons (Fsp3) is 0.222. The molecule has 1 amide bonds. The first kappa shape index (κ1) is 21.2. The van der Waals surface area contributed by atoms with Crippen molar-refractivity contribution >= 4 is 50.6 Å². The summed E-state index contributed by atoms with van der Waals surface area (Å²) in [5.41, 5.74) is 1.29. The summed E-state index contributed by atoms with van der Waals surface area (Å²) in [7, 11) is -3.60. The monoisotopic (exact) mass is 429 g/mol. The van der Waals surface area contributed by atoms with Crippen molar-refractivity contribution in [1.29, 1.82) is 0 Å². The zero-order valence-electron chi connectivity index (χ0n) is 14.4. The van der Waals surface area contributed by atoms with Crippen LogP contribution in [0.1, 0.15) is 12.0 Å². The van der Waals surface area contributed by atoms with Crippen LogP contribution in [0.3, 0.4) is 0 Å². The largest absolute Gasteiger partial charge is 0.456 e. The lowest BCUT2D eigenvalue weighted by Gasteiger charge is -2.08. The lowest BCUT2D eigenvalue weighted by atomic mass is 10.2. The molecule has 0 aliphatic heterocycles. The van der Waals surface area contributed by atoms with E-state index in [1.54, 1.807) is 12.1 Å². The lowest BCUT2D eigenvalue weighted by Crippen LogP contribution is -2.22. The summed E-state index contributed by atoms with van der Waals surface area (Å²) in [5, 5.41) is 3.17. The molecule has 1 N–H and O–H groups in total. The summed E-state index contributed by atoms with van der Waals surface area (Å²) in [6.45, 7) is 1.30. The second-order valence-electron chi connectivity index (χ2n) is 5.75. The molecular formula is C18H17Cl2NO5S. The zero-order chi connectivity index (χ0) is 20.0. The lowest BCUT2D eigenvalue weighted by molar-refractivity contribution is -0.146. The maximum Gasteiger partial charge on any atom is 0.307 e. The maximum atomic E-state index is 12.2. The molecule has 0 aromatic heterocycles. The van der Waals surface area contributed by atoms with Crippen LogP contribution in [-0.2, 0) is 24.2 Å². The summed E-state index contributed by atoms with van der Waals surface area (Å²) in [6, 6.07) is 10.8. The second kappa shape index (κ2) is 9.21. The number of halogens is 2. The van der Waals surface area contributed by atoms with E-state index in [0.29, 0.717) is 15.7 Å². The Bertz CT molecular complexity index is 922. The molecule has 0 aliphatic rings. The number of amides is 1. The van der Waals surface area contributed by atoms with Gasteiger partial charge in [-0.2, -0.15) is 0 Å². The van der Waals surface area contributed by atoms with Gasteiger partial charge in [-0.15, -0.1) is 0 Å². The van der Waals surface area contributed by atoms with E-state index < -0.39 is 34.1 Å². The Morgan fingerprint density at radius 2 is 1.63 bits per heavy atom. The molecule has 9 heteroatoms. The molecule has 0 aliphatic carbocycles. The van der Waals surface area contributed by atoms with Crippen LogP contribution in [0.15, 0.2) is 47.4 Å². The van der Waals surface area contributed by atoms with E-state index in [1.165, 1.54) is 30.3 Å². The van der Waals surface area contributed by atoms with Gasteiger partial charge in [0.05, 0.1) is 17.1 Å². The highest BCUT2D eigenvalue weighted by Crippen LogP contribution is 2.22. The first-order valence-electron chi connectivity index (χ1n) is 7.87. The molecule has 0 heterocycles. The van der Waals surface area contributed by atoms with E-state index in [2.05, 4.69) is 5.32 Å². The average molecular weight is 430 g/mol. The fourth-order valence-electron chi connectivity index (χ4n) is 2.12. The SMILES string of the molecule is Cc1ccc(S(=O)(=O)CCC(=O)OCC(=O)Nc2cc(Cl)cc(Cl)c2)cc1. The van der Waals surface area contributed by atoms with Crippen LogP contribution in [0.25, 0.3) is 0 Å². The summed E-state index contributed by atoms with van der Waals surface area (Å²) in [5.74, 6) is -1.78. The van der Waals surface area contributed by atoms with Crippen LogP contribution in [-0.4, -0.2) is 32.7 Å². The van der Waals surface area contributed by atoms with Crippen molar-refractivity contribution in [2.24, 2.45) is 0 Å². The minimum absolute atomic E-state index is 0.136. The highest BCUT2D eigenvalue weighted by atomic mass is 35.5. The van der Waals surface area contributed by atoms with Crippen LogP contribution >= 0.6 is 23.2 Å². The van der Waals surface area contributed by atoms with E-state index in [-0.39, 0.29) is 11.3 Å². The molecule has 144 valence electrons. The molecule has 0 spiro atoms. The van der Waals surface area contributed by atoms with Gasteiger partial charge in [0.25, 0.3) is 5.91 Å². The van der Waals surface area contributed by atoms with Gasteiger partial charge in [-0.3, -0.25) is 9.59 Å². The molecule has 2 aromatic carbocycles. The highest BCUT2D eigenvalue weighted by Gasteiger charge is 2.17. The third kappa shape index (κ3) is 6.86. The van der Waals surface area contributed by atoms with E-state index in [1.807, 2.05) is 6.92 Å². The van der Waals surface area contributed by atoms with Gasteiger partial charge in [-0.1, -0.05) is 40.9 Å². The number of benzene rings is 2. The topological polar surface area (TPSA) is 89.5 Å². The van der Waals surface area contributed by atoms with E-state index in [9.17, 15) is 18.0 Å². The molecule has 6 nitrogen and oxygen atoms in total. The molecule has 2 rings (SSSR count). The van der Waals surface area contributed by atoms with Crippen LogP contribution in [0.4, 0.5) is 5.69 Å².